The second-order valence-electron chi connectivity index (χ2n) is 3.21. The third-order valence-corrected chi connectivity index (χ3v) is 3.31. The number of hydrogen-bond acceptors (Lipinski definition) is 5. The van der Waals surface area contributed by atoms with Gasteiger partial charge in [-0.2, -0.15) is 4.98 Å². The molecule has 5 heteroatoms. The van der Waals surface area contributed by atoms with Crippen LogP contribution in [0.3, 0.4) is 0 Å². The molecule has 0 saturated heterocycles. The standard InChI is InChI=1S/C9H13N3OS/c1-6-3-4-10-7-8(13-2)11-5-12-9(7)14-6/h5-6,10H,3-4H2,1-2H3. The van der Waals surface area contributed by atoms with Crippen LogP contribution in [0.2, 0.25) is 0 Å². The average molecular weight is 211 g/mol. The number of methoxy groups -OCH3 is 1. The third-order valence-electron chi connectivity index (χ3n) is 2.14. The lowest BCUT2D eigenvalue weighted by molar-refractivity contribution is 0.397. The van der Waals surface area contributed by atoms with Gasteiger partial charge < -0.3 is 10.1 Å². The summed E-state index contributed by atoms with van der Waals surface area (Å²) in [5, 5.41) is 4.88. The number of aromatic nitrogens is 2. The topological polar surface area (TPSA) is 47.0 Å². The van der Waals surface area contributed by atoms with Crippen LogP contribution in [0.4, 0.5) is 5.69 Å². The van der Waals surface area contributed by atoms with Crippen molar-refractivity contribution in [1.82, 2.24) is 9.97 Å². The van der Waals surface area contributed by atoms with Crippen molar-refractivity contribution in [2.24, 2.45) is 0 Å². The molecule has 1 aliphatic heterocycles. The van der Waals surface area contributed by atoms with E-state index in [1.165, 1.54) is 0 Å². The van der Waals surface area contributed by atoms with Gasteiger partial charge in [-0.3, -0.25) is 0 Å². The summed E-state index contributed by atoms with van der Waals surface area (Å²) in [6, 6.07) is 0. The van der Waals surface area contributed by atoms with Gasteiger partial charge in [-0.05, 0) is 6.42 Å². The fourth-order valence-corrected chi connectivity index (χ4v) is 2.40. The van der Waals surface area contributed by atoms with Crippen LogP contribution in [0.25, 0.3) is 0 Å². The monoisotopic (exact) mass is 211 g/mol. The molecule has 4 nitrogen and oxygen atoms in total. The molecular formula is C9H13N3OS. The highest BCUT2D eigenvalue weighted by atomic mass is 32.2. The Morgan fingerprint density at radius 2 is 2.43 bits per heavy atom. The molecule has 0 fully saturated rings. The Morgan fingerprint density at radius 1 is 1.57 bits per heavy atom. The number of ether oxygens (including phenoxy) is 1. The first-order valence-electron chi connectivity index (χ1n) is 4.60. The normalized spacial score (nSPS) is 20.6. The lowest BCUT2D eigenvalue weighted by Gasteiger charge is -2.09. The summed E-state index contributed by atoms with van der Waals surface area (Å²) < 4.78 is 5.18. The van der Waals surface area contributed by atoms with Gasteiger partial charge in [0.25, 0.3) is 0 Å². The molecule has 0 aliphatic carbocycles. The van der Waals surface area contributed by atoms with Gasteiger partial charge in [0, 0.05) is 11.8 Å². The van der Waals surface area contributed by atoms with Gasteiger partial charge in [0.15, 0.2) is 0 Å². The summed E-state index contributed by atoms with van der Waals surface area (Å²) in [5.41, 5.74) is 0.935. The van der Waals surface area contributed by atoms with Crippen molar-refractivity contribution in [2.75, 3.05) is 19.0 Å². The molecule has 1 aromatic rings. The molecule has 0 spiro atoms. The maximum Gasteiger partial charge on any atom is 0.241 e. The SMILES string of the molecule is COc1ncnc2c1NCCC(C)S2. The molecule has 2 rings (SSSR count). The van der Waals surface area contributed by atoms with Crippen molar-refractivity contribution in [3.05, 3.63) is 6.33 Å². The number of thioether (sulfide) groups is 1. The first kappa shape index (κ1) is 9.58. The van der Waals surface area contributed by atoms with Gasteiger partial charge in [-0.1, -0.05) is 6.92 Å². The molecule has 0 bridgehead atoms. The van der Waals surface area contributed by atoms with E-state index < -0.39 is 0 Å². The molecule has 1 unspecified atom stereocenters. The minimum absolute atomic E-state index is 0.586. The van der Waals surface area contributed by atoms with Crippen molar-refractivity contribution in [1.29, 1.82) is 0 Å². The second kappa shape index (κ2) is 4.04. The predicted octanol–water partition coefficient (Wildman–Crippen LogP) is 1.78. The number of hydrogen-bond donors (Lipinski definition) is 1. The highest BCUT2D eigenvalue weighted by Gasteiger charge is 2.18. The van der Waals surface area contributed by atoms with Crippen molar-refractivity contribution < 1.29 is 4.74 Å². The summed E-state index contributed by atoms with van der Waals surface area (Å²) in [4.78, 5) is 8.32. The lowest BCUT2D eigenvalue weighted by atomic mass is 10.3. The predicted molar refractivity (Wildman–Crippen MR) is 57.0 cm³/mol. The molecule has 0 radical (unpaired) electrons. The minimum Gasteiger partial charge on any atom is -0.479 e. The molecule has 0 aromatic carbocycles. The summed E-state index contributed by atoms with van der Waals surface area (Å²) in [7, 11) is 1.63. The number of anilines is 1. The summed E-state index contributed by atoms with van der Waals surface area (Å²) in [6.45, 7) is 3.15. The Balaban J connectivity index is 2.38. The van der Waals surface area contributed by atoms with Gasteiger partial charge in [-0.25, -0.2) is 4.98 Å². The molecule has 0 amide bonds. The van der Waals surface area contributed by atoms with Crippen LogP contribution in [0.5, 0.6) is 5.88 Å². The van der Waals surface area contributed by atoms with Gasteiger partial charge in [-0.15, -0.1) is 11.8 Å². The van der Waals surface area contributed by atoms with Gasteiger partial charge in [0.2, 0.25) is 5.88 Å². The summed E-state index contributed by atoms with van der Waals surface area (Å²) >= 11 is 1.77. The summed E-state index contributed by atoms with van der Waals surface area (Å²) in [6.07, 6.45) is 2.68. The lowest BCUT2D eigenvalue weighted by Crippen LogP contribution is -2.05. The fraction of sp³-hybridized carbons (Fsp3) is 0.556. The van der Waals surface area contributed by atoms with E-state index in [4.69, 9.17) is 4.74 Å². The molecule has 1 aliphatic rings. The van der Waals surface area contributed by atoms with E-state index in [0.29, 0.717) is 11.1 Å². The Morgan fingerprint density at radius 3 is 3.21 bits per heavy atom. The van der Waals surface area contributed by atoms with Crippen molar-refractivity contribution in [3.63, 3.8) is 0 Å². The van der Waals surface area contributed by atoms with E-state index in [9.17, 15) is 0 Å². The van der Waals surface area contributed by atoms with Crippen molar-refractivity contribution >= 4 is 17.4 Å². The van der Waals surface area contributed by atoms with E-state index in [-0.39, 0.29) is 0 Å². The zero-order valence-corrected chi connectivity index (χ0v) is 9.10. The van der Waals surface area contributed by atoms with Crippen LogP contribution in [0, 0.1) is 0 Å². The molecular weight excluding hydrogens is 198 g/mol. The minimum atomic E-state index is 0.586. The molecule has 76 valence electrons. The Labute approximate surface area is 87.5 Å². The van der Waals surface area contributed by atoms with Gasteiger partial charge in [0.1, 0.15) is 17.0 Å². The van der Waals surface area contributed by atoms with E-state index in [2.05, 4.69) is 22.2 Å². The first-order valence-corrected chi connectivity index (χ1v) is 5.48. The molecule has 1 aromatic heterocycles. The third kappa shape index (κ3) is 1.77. The van der Waals surface area contributed by atoms with Gasteiger partial charge >= 0.3 is 0 Å². The molecule has 1 atom stereocenters. The van der Waals surface area contributed by atoms with E-state index in [0.717, 1.165) is 23.7 Å². The molecule has 14 heavy (non-hydrogen) atoms. The molecule has 1 N–H and O–H groups in total. The van der Waals surface area contributed by atoms with E-state index in [1.54, 1.807) is 25.2 Å². The number of rotatable bonds is 1. The van der Waals surface area contributed by atoms with Crippen LogP contribution in [-0.4, -0.2) is 28.9 Å². The van der Waals surface area contributed by atoms with Crippen LogP contribution in [0.1, 0.15) is 13.3 Å². The highest BCUT2D eigenvalue weighted by Crippen LogP contribution is 2.36. The Kier molecular flexibility index (Phi) is 2.77. The zero-order valence-electron chi connectivity index (χ0n) is 8.28. The largest absolute Gasteiger partial charge is 0.479 e. The Bertz CT molecular complexity index is 332. The highest BCUT2D eigenvalue weighted by molar-refractivity contribution is 8.00. The number of nitrogens with one attached hydrogen (secondary N) is 1. The van der Waals surface area contributed by atoms with Crippen molar-refractivity contribution in [3.8, 4) is 5.88 Å². The number of nitrogens with zero attached hydrogens (tertiary/aromatic N) is 2. The van der Waals surface area contributed by atoms with E-state index in [1.807, 2.05) is 0 Å². The van der Waals surface area contributed by atoms with Crippen LogP contribution in [0.15, 0.2) is 11.4 Å². The smallest absolute Gasteiger partial charge is 0.241 e. The Hall–Kier alpha value is -0.970. The average Bonchev–Trinajstić information content (AvgIpc) is 2.37. The quantitative estimate of drug-likeness (QED) is 0.717. The van der Waals surface area contributed by atoms with Crippen molar-refractivity contribution in [2.45, 2.75) is 23.6 Å². The van der Waals surface area contributed by atoms with Crippen LogP contribution < -0.4 is 10.1 Å². The maximum atomic E-state index is 5.18. The van der Waals surface area contributed by atoms with Crippen LogP contribution in [-0.2, 0) is 0 Å². The first-order chi connectivity index (χ1) is 6.81. The number of fused-ring (bicyclic) bond motifs is 1. The van der Waals surface area contributed by atoms with Gasteiger partial charge in [0.05, 0.1) is 7.11 Å². The second-order valence-corrected chi connectivity index (χ2v) is 4.63. The maximum absolute atomic E-state index is 5.18. The molecule has 2 heterocycles. The zero-order chi connectivity index (χ0) is 9.97. The fourth-order valence-electron chi connectivity index (χ4n) is 1.40. The van der Waals surface area contributed by atoms with E-state index >= 15 is 0 Å². The van der Waals surface area contributed by atoms with Crippen LogP contribution >= 0.6 is 11.8 Å². The summed E-state index contributed by atoms with van der Waals surface area (Å²) in [5.74, 6) is 0.636. The molecule has 0 saturated carbocycles.